The molecule has 2 heterocycles. The van der Waals surface area contributed by atoms with Gasteiger partial charge in [-0.25, -0.2) is 19.0 Å². The first-order valence-corrected chi connectivity index (χ1v) is 9.31. The Bertz CT molecular complexity index is 1040. The summed E-state index contributed by atoms with van der Waals surface area (Å²) in [6.07, 6.45) is 3.27. The third-order valence-electron chi connectivity index (χ3n) is 3.71. The van der Waals surface area contributed by atoms with E-state index in [0.29, 0.717) is 11.3 Å². The summed E-state index contributed by atoms with van der Waals surface area (Å²) in [6, 6.07) is 14.9. The summed E-state index contributed by atoms with van der Waals surface area (Å²) >= 11 is 4.74. The van der Waals surface area contributed by atoms with Crippen molar-refractivity contribution in [2.45, 2.75) is 10.8 Å². The number of thioether (sulfide) groups is 1. The third kappa shape index (κ3) is 3.29. The quantitative estimate of drug-likeness (QED) is 0.347. The molecule has 7 heteroatoms. The lowest BCUT2D eigenvalue weighted by molar-refractivity contribution is 0.616. The van der Waals surface area contributed by atoms with Gasteiger partial charge in [0.15, 0.2) is 5.65 Å². The van der Waals surface area contributed by atoms with Crippen LogP contribution in [0.3, 0.4) is 0 Å². The zero-order valence-electron chi connectivity index (χ0n) is 12.9. The molecule has 4 rings (SSSR count). The summed E-state index contributed by atoms with van der Waals surface area (Å²) in [6.45, 7) is 0. The van der Waals surface area contributed by atoms with E-state index in [0.717, 1.165) is 26.2 Å². The summed E-state index contributed by atoms with van der Waals surface area (Å²) < 4.78 is 16.5. The molecule has 0 bridgehead atoms. The van der Waals surface area contributed by atoms with Gasteiger partial charge in [-0.15, -0.1) is 11.8 Å². The number of hydrogen-bond donors (Lipinski definition) is 0. The summed E-state index contributed by atoms with van der Waals surface area (Å²) in [4.78, 5) is 8.70. The number of para-hydroxylation sites is 1. The fraction of sp³-hybridized carbons (Fsp3) is 0.0556. The molecule has 25 heavy (non-hydrogen) atoms. The highest BCUT2D eigenvalue weighted by atomic mass is 79.9. The maximum absolute atomic E-state index is 14.0. The van der Waals surface area contributed by atoms with Crippen molar-refractivity contribution in [3.05, 3.63) is 76.9 Å². The Labute approximate surface area is 156 Å². The molecule has 4 nitrogen and oxygen atoms in total. The molecule has 0 spiro atoms. The lowest BCUT2D eigenvalue weighted by Crippen LogP contribution is -1.97. The van der Waals surface area contributed by atoms with E-state index in [1.54, 1.807) is 16.9 Å². The van der Waals surface area contributed by atoms with Crippen molar-refractivity contribution in [2.75, 3.05) is 0 Å². The van der Waals surface area contributed by atoms with Crippen LogP contribution in [0.1, 0.15) is 5.56 Å². The normalized spacial score (nSPS) is 11.1. The first kappa shape index (κ1) is 16.2. The van der Waals surface area contributed by atoms with E-state index < -0.39 is 0 Å². The van der Waals surface area contributed by atoms with Gasteiger partial charge in [0.1, 0.15) is 17.2 Å². The van der Waals surface area contributed by atoms with E-state index in [-0.39, 0.29) is 5.82 Å². The SMILES string of the molecule is Fc1cc(Br)ccc1CSc1ncnc2c1cnn2-c1ccccc1. The van der Waals surface area contributed by atoms with Crippen LogP contribution in [0.25, 0.3) is 16.7 Å². The van der Waals surface area contributed by atoms with E-state index >= 15 is 0 Å². The summed E-state index contributed by atoms with van der Waals surface area (Å²) in [7, 11) is 0. The molecule has 0 atom stereocenters. The van der Waals surface area contributed by atoms with E-state index in [1.165, 1.54) is 24.2 Å². The van der Waals surface area contributed by atoms with Gasteiger partial charge >= 0.3 is 0 Å². The molecule has 0 unspecified atom stereocenters. The highest BCUT2D eigenvalue weighted by Crippen LogP contribution is 2.29. The average molecular weight is 415 g/mol. The highest BCUT2D eigenvalue weighted by molar-refractivity contribution is 9.10. The van der Waals surface area contributed by atoms with Crippen LogP contribution in [0.2, 0.25) is 0 Å². The van der Waals surface area contributed by atoms with Crippen molar-refractivity contribution < 1.29 is 4.39 Å². The van der Waals surface area contributed by atoms with Gasteiger partial charge < -0.3 is 0 Å². The maximum atomic E-state index is 14.0. The first-order valence-electron chi connectivity index (χ1n) is 7.53. The molecule has 0 fully saturated rings. The van der Waals surface area contributed by atoms with E-state index in [2.05, 4.69) is 31.0 Å². The molecule has 0 aliphatic carbocycles. The van der Waals surface area contributed by atoms with Gasteiger partial charge in [-0.05, 0) is 29.8 Å². The summed E-state index contributed by atoms with van der Waals surface area (Å²) in [5, 5.41) is 6.07. The second-order valence-corrected chi connectivity index (χ2v) is 7.21. The largest absolute Gasteiger partial charge is 0.229 e. The molecule has 0 amide bonds. The van der Waals surface area contributed by atoms with Crippen LogP contribution < -0.4 is 0 Å². The molecule has 0 aliphatic heterocycles. The fourth-order valence-electron chi connectivity index (χ4n) is 2.48. The van der Waals surface area contributed by atoms with Gasteiger partial charge in [0.05, 0.1) is 17.3 Å². The minimum Gasteiger partial charge on any atom is -0.229 e. The Morgan fingerprint density at radius 3 is 2.72 bits per heavy atom. The zero-order valence-corrected chi connectivity index (χ0v) is 15.3. The molecule has 0 radical (unpaired) electrons. The lowest BCUT2D eigenvalue weighted by atomic mass is 10.2. The number of nitrogens with zero attached hydrogens (tertiary/aromatic N) is 4. The van der Waals surface area contributed by atoms with Crippen molar-refractivity contribution in [1.82, 2.24) is 19.7 Å². The standard InChI is InChI=1S/C18H12BrFN4S/c19-13-7-6-12(16(20)8-13)10-25-18-15-9-23-24(17(15)21-11-22-18)14-4-2-1-3-5-14/h1-9,11H,10H2. The second kappa shape index (κ2) is 6.93. The van der Waals surface area contributed by atoms with Crippen LogP contribution in [0.5, 0.6) is 0 Å². The van der Waals surface area contributed by atoms with Gasteiger partial charge in [0, 0.05) is 10.2 Å². The van der Waals surface area contributed by atoms with Crippen LogP contribution in [0.4, 0.5) is 4.39 Å². The predicted molar refractivity (Wildman–Crippen MR) is 100 cm³/mol. The molecular formula is C18H12BrFN4S. The highest BCUT2D eigenvalue weighted by Gasteiger charge is 2.12. The molecule has 0 saturated carbocycles. The number of rotatable bonds is 4. The van der Waals surface area contributed by atoms with Crippen LogP contribution >= 0.6 is 27.7 Å². The van der Waals surface area contributed by atoms with Crippen LogP contribution in [0, 0.1) is 5.82 Å². The molecular weight excluding hydrogens is 403 g/mol. The maximum Gasteiger partial charge on any atom is 0.167 e. The number of aromatic nitrogens is 4. The predicted octanol–water partition coefficient (Wildman–Crippen LogP) is 5.01. The van der Waals surface area contributed by atoms with Gasteiger partial charge in [0.2, 0.25) is 0 Å². The Morgan fingerprint density at radius 1 is 1.08 bits per heavy atom. The van der Waals surface area contributed by atoms with Crippen molar-refractivity contribution >= 4 is 38.7 Å². The van der Waals surface area contributed by atoms with Gasteiger partial charge in [-0.1, -0.05) is 40.2 Å². The Kier molecular flexibility index (Phi) is 4.50. The number of benzene rings is 2. The Hall–Kier alpha value is -2.25. The third-order valence-corrected chi connectivity index (χ3v) is 5.26. The number of fused-ring (bicyclic) bond motifs is 1. The minimum atomic E-state index is -0.229. The van der Waals surface area contributed by atoms with Crippen molar-refractivity contribution in [3.63, 3.8) is 0 Å². The molecule has 2 aromatic heterocycles. The topological polar surface area (TPSA) is 43.6 Å². The lowest BCUT2D eigenvalue weighted by Gasteiger charge is -2.05. The second-order valence-electron chi connectivity index (χ2n) is 5.33. The fourth-order valence-corrected chi connectivity index (χ4v) is 3.76. The van der Waals surface area contributed by atoms with Crippen molar-refractivity contribution in [3.8, 4) is 5.69 Å². The van der Waals surface area contributed by atoms with E-state index in [9.17, 15) is 4.39 Å². The molecule has 0 aliphatic rings. The van der Waals surface area contributed by atoms with Crippen LogP contribution in [0.15, 0.2) is 70.6 Å². The zero-order chi connectivity index (χ0) is 17.2. The van der Waals surface area contributed by atoms with E-state index in [1.807, 2.05) is 36.4 Å². The van der Waals surface area contributed by atoms with E-state index in [4.69, 9.17) is 0 Å². The van der Waals surface area contributed by atoms with Gasteiger partial charge in [-0.2, -0.15) is 5.10 Å². The number of halogens is 2. The molecule has 0 saturated heterocycles. The smallest absolute Gasteiger partial charge is 0.167 e. The van der Waals surface area contributed by atoms with Crippen molar-refractivity contribution in [2.24, 2.45) is 0 Å². The minimum absolute atomic E-state index is 0.229. The molecule has 0 N–H and O–H groups in total. The van der Waals surface area contributed by atoms with Gasteiger partial charge in [-0.3, -0.25) is 0 Å². The average Bonchev–Trinajstić information content (AvgIpc) is 3.06. The summed E-state index contributed by atoms with van der Waals surface area (Å²) in [5.41, 5.74) is 2.31. The summed E-state index contributed by atoms with van der Waals surface area (Å²) in [5.74, 6) is 0.258. The van der Waals surface area contributed by atoms with Crippen molar-refractivity contribution in [1.29, 1.82) is 0 Å². The first-order chi connectivity index (χ1) is 12.2. The monoisotopic (exact) mass is 414 g/mol. The van der Waals surface area contributed by atoms with Crippen LogP contribution in [-0.2, 0) is 5.75 Å². The van der Waals surface area contributed by atoms with Gasteiger partial charge in [0.25, 0.3) is 0 Å². The van der Waals surface area contributed by atoms with Crippen LogP contribution in [-0.4, -0.2) is 19.7 Å². The Morgan fingerprint density at radius 2 is 1.92 bits per heavy atom. The molecule has 4 aromatic rings. The molecule has 124 valence electrons. The Balaban J connectivity index is 1.66. The number of hydrogen-bond acceptors (Lipinski definition) is 4. The molecule has 2 aromatic carbocycles.